The molecule has 1 amide bonds. The van der Waals surface area contributed by atoms with Gasteiger partial charge in [-0.15, -0.1) is 0 Å². The van der Waals surface area contributed by atoms with Gasteiger partial charge in [0.1, 0.15) is 23.8 Å². The molecule has 3 aromatic rings. The molecule has 0 saturated heterocycles. The molecule has 0 unspecified atom stereocenters. The van der Waals surface area contributed by atoms with E-state index < -0.39 is 26.8 Å². The number of nitrogens with one attached hydrogen (secondary N) is 1. The third kappa shape index (κ3) is 6.69. The van der Waals surface area contributed by atoms with Crippen molar-refractivity contribution in [3.63, 3.8) is 0 Å². The first kappa shape index (κ1) is 33.6. The summed E-state index contributed by atoms with van der Waals surface area (Å²) in [5.74, 6) is 0.979. The lowest BCUT2D eigenvalue weighted by atomic mass is 9.63. The molecule has 47 heavy (non-hydrogen) atoms. The number of hydrogen-bond donors (Lipinski definition) is 1. The van der Waals surface area contributed by atoms with Crippen molar-refractivity contribution in [2.75, 3.05) is 25.1 Å². The largest absolute Gasteiger partial charge is 0.487 e. The molecule has 1 aromatic heterocycles. The highest BCUT2D eigenvalue weighted by molar-refractivity contribution is 7.90. The Morgan fingerprint density at radius 3 is 2.66 bits per heavy atom. The van der Waals surface area contributed by atoms with Crippen LogP contribution in [0, 0.1) is 17.8 Å². The molecular formula is C36H45ClN4O5S. The molecule has 1 saturated carbocycles. The number of aryl methyl sites for hydroxylation is 2. The van der Waals surface area contributed by atoms with Crippen LogP contribution in [0.5, 0.6) is 5.75 Å². The Labute approximate surface area is 283 Å². The Hall–Kier alpha value is -3.34. The maximum Gasteiger partial charge on any atom is 0.264 e. The van der Waals surface area contributed by atoms with Crippen LogP contribution < -0.4 is 14.4 Å². The molecule has 11 heteroatoms. The number of amides is 1. The monoisotopic (exact) mass is 680 g/mol. The van der Waals surface area contributed by atoms with Gasteiger partial charge in [-0.05, 0) is 105 Å². The quantitative estimate of drug-likeness (QED) is 0.312. The van der Waals surface area contributed by atoms with Crippen molar-refractivity contribution in [2.45, 2.75) is 69.8 Å². The second kappa shape index (κ2) is 13.6. The van der Waals surface area contributed by atoms with Crippen LogP contribution in [0.25, 0.3) is 0 Å². The van der Waals surface area contributed by atoms with Gasteiger partial charge in [-0.25, -0.2) is 18.1 Å². The average molecular weight is 681 g/mol. The first-order valence-electron chi connectivity index (χ1n) is 16.6. The summed E-state index contributed by atoms with van der Waals surface area (Å²) < 4.78 is 44.2. The minimum atomic E-state index is -3.97. The van der Waals surface area contributed by atoms with Crippen molar-refractivity contribution >= 4 is 33.2 Å². The summed E-state index contributed by atoms with van der Waals surface area (Å²) in [7, 11) is -0.240. The predicted molar refractivity (Wildman–Crippen MR) is 184 cm³/mol. The van der Waals surface area contributed by atoms with E-state index in [9.17, 15) is 13.2 Å². The zero-order valence-electron chi connectivity index (χ0n) is 27.6. The van der Waals surface area contributed by atoms with E-state index in [-0.39, 0.29) is 23.3 Å². The van der Waals surface area contributed by atoms with E-state index in [4.69, 9.17) is 26.1 Å². The Morgan fingerprint density at radius 2 is 1.94 bits per heavy atom. The SMILES string of the molecule is CO[C@@]1(c2nccn2C)/C=C/C[C@H](C)[C@@H](C)S(=O)(=O)NC(=O)c2ccc3c(c2)N(CCCCc2cc(Cl)ccc2CO3)C[C@@H]2CC[C@H]21. The standard InChI is InChI=1S/C36H45ClN4O5S/c1-24-8-7-16-36(45-4,35-38-17-19-40(35)3)31-14-11-28(31)22-41-18-6-5-9-26-20-30(37)13-10-29(26)23-46-33-15-12-27(21-32(33)41)34(42)39-47(43,44)25(24)2/h7,10,12-13,15-17,19-21,24-25,28,31H,5-6,8-9,11,14,18,22-23H2,1-4H3,(H,39,42)/b16-7+/t24-,25+,28-,31+,36-/m0/s1. The van der Waals surface area contributed by atoms with E-state index in [2.05, 4.69) is 15.7 Å². The number of nitrogens with zero attached hydrogens (tertiary/aromatic N) is 3. The fraction of sp³-hybridized carbons (Fsp3) is 0.500. The molecule has 252 valence electrons. The van der Waals surface area contributed by atoms with E-state index in [1.165, 1.54) is 5.56 Å². The molecule has 3 aliphatic rings. The van der Waals surface area contributed by atoms with Crippen LogP contribution in [0.2, 0.25) is 5.02 Å². The Kier molecular flexibility index (Phi) is 9.74. The summed E-state index contributed by atoms with van der Waals surface area (Å²) in [6.45, 7) is 5.36. The van der Waals surface area contributed by atoms with Crippen LogP contribution in [-0.2, 0) is 40.4 Å². The predicted octanol–water partition coefficient (Wildman–Crippen LogP) is 6.41. The molecule has 5 atom stereocenters. The lowest BCUT2D eigenvalue weighted by Gasteiger charge is -2.49. The second-order valence-electron chi connectivity index (χ2n) is 13.4. The number of halogens is 1. The number of methoxy groups -OCH3 is 1. The van der Waals surface area contributed by atoms with Gasteiger partial charge in [0.05, 0.1) is 10.9 Å². The summed E-state index contributed by atoms with van der Waals surface area (Å²) in [5.41, 5.74) is 2.52. The van der Waals surface area contributed by atoms with Crippen molar-refractivity contribution in [1.29, 1.82) is 0 Å². The van der Waals surface area contributed by atoms with Gasteiger partial charge in [-0.3, -0.25) is 4.79 Å². The minimum absolute atomic E-state index is 0.134. The number of rotatable bonds is 2. The third-order valence-electron chi connectivity index (χ3n) is 10.6. The zero-order chi connectivity index (χ0) is 33.3. The van der Waals surface area contributed by atoms with E-state index in [0.717, 1.165) is 62.3 Å². The van der Waals surface area contributed by atoms with Gasteiger partial charge in [-0.2, -0.15) is 0 Å². The second-order valence-corrected chi connectivity index (χ2v) is 15.9. The van der Waals surface area contributed by atoms with Gasteiger partial charge in [0.25, 0.3) is 5.91 Å². The molecule has 1 N–H and O–H groups in total. The normalized spacial score (nSPS) is 28.8. The number of fused-ring (bicyclic) bond motifs is 3. The highest BCUT2D eigenvalue weighted by Gasteiger charge is 2.50. The summed E-state index contributed by atoms with van der Waals surface area (Å²) >= 11 is 6.36. The number of anilines is 1. The molecule has 9 nitrogen and oxygen atoms in total. The van der Waals surface area contributed by atoms with Crippen LogP contribution in [0.4, 0.5) is 5.69 Å². The van der Waals surface area contributed by atoms with Crippen molar-refractivity contribution in [1.82, 2.24) is 14.3 Å². The van der Waals surface area contributed by atoms with Gasteiger partial charge < -0.3 is 18.9 Å². The number of sulfonamides is 1. The smallest absolute Gasteiger partial charge is 0.264 e. The molecule has 1 aliphatic carbocycles. The molecule has 0 spiro atoms. The van der Waals surface area contributed by atoms with Crippen LogP contribution in [-0.4, -0.2) is 49.3 Å². The van der Waals surface area contributed by atoms with Crippen molar-refractivity contribution < 1.29 is 22.7 Å². The summed E-state index contributed by atoms with van der Waals surface area (Å²) in [5, 5.41) is -0.0994. The van der Waals surface area contributed by atoms with Gasteiger partial charge in [0.2, 0.25) is 10.0 Å². The number of ether oxygens (including phenoxy) is 2. The zero-order valence-corrected chi connectivity index (χ0v) is 29.2. The first-order chi connectivity index (χ1) is 22.5. The Morgan fingerprint density at radius 1 is 1.11 bits per heavy atom. The van der Waals surface area contributed by atoms with E-state index in [0.29, 0.717) is 23.8 Å². The van der Waals surface area contributed by atoms with Crippen LogP contribution in [0.1, 0.15) is 73.3 Å². The van der Waals surface area contributed by atoms with Crippen molar-refractivity contribution in [2.24, 2.45) is 24.8 Å². The number of benzene rings is 2. The molecule has 2 aliphatic heterocycles. The van der Waals surface area contributed by atoms with Crippen LogP contribution in [0.15, 0.2) is 60.9 Å². The molecule has 3 heterocycles. The maximum atomic E-state index is 13.5. The highest BCUT2D eigenvalue weighted by atomic mass is 35.5. The van der Waals surface area contributed by atoms with Crippen LogP contribution in [0.3, 0.4) is 0 Å². The molecule has 6 rings (SSSR count). The lowest BCUT2D eigenvalue weighted by Crippen LogP contribution is -2.50. The molecule has 1 fully saturated rings. The minimum Gasteiger partial charge on any atom is -0.487 e. The first-order valence-corrected chi connectivity index (χ1v) is 18.5. The van der Waals surface area contributed by atoms with E-state index in [1.807, 2.05) is 49.0 Å². The van der Waals surface area contributed by atoms with Gasteiger partial charge in [0.15, 0.2) is 0 Å². The van der Waals surface area contributed by atoms with Crippen molar-refractivity contribution in [3.05, 3.63) is 88.5 Å². The Balaban J connectivity index is 1.45. The molecule has 2 aromatic carbocycles. The Bertz CT molecular complexity index is 1760. The topological polar surface area (TPSA) is 103 Å². The molecular weight excluding hydrogens is 636 g/mol. The molecule has 0 radical (unpaired) electrons. The number of hydrogen-bond acceptors (Lipinski definition) is 7. The number of allylic oxidation sites excluding steroid dienone is 1. The summed E-state index contributed by atoms with van der Waals surface area (Å²) in [4.78, 5) is 20.6. The third-order valence-corrected chi connectivity index (χ3v) is 12.7. The maximum absolute atomic E-state index is 13.5. The number of carbonyl (C=O) groups is 1. The van der Waals surface area contributed by atoms with E-state index >= 15 is 0 Å². The lowest BCUT2D eigenvalue weighted by molar-refractivity contribution is -0.0873. The summed E-state index contributed by atoms with van der Waals surface area (Å²) in [6.07, 6.45) is 13.1. The summed E-state index contributed by atoms with van der Waals surface area (Å²) in [6, 6.07) is 11.1. The number of aromatic nitrogens is 2. The van der Waals surface area contributed by atoms with Gasteiger partial charge >= 0.3 is 0 Å². The van der Waals surface area contributed by atoms with Gasteiger partial charge in [-0.1, -0.05) is 30.7 Å². The fourth-order valence-corrected chi connectivity index (χ4v) is 8.85. The number of carbonyl (C=O) groups excluding carboxylic acids is 1. The average Bonchev–Trinajstić information content (AvgIpc) is 3.46. The number of imidazole rings is 1. The van der Waals surface area contributed by atoms with Crippen molar-refractivity contribution in [3.8, 4) is 5.75 Å². The fourth-order valence-electron chi connectivity index (χ4n) is 7.37. The van der Waals surface area contributed by atoms with Gasteiger partial charge in [0, 0.05) is 56.1 Å². The van der Waals surface area contributed by atoms with E-state index in [1.54, 1.807) is 38.4 Å². The van der Waals surface area contributed by atoms with Crippen LogP contribution >= 0.6 is 11.6 Å². The molecule has 2 bridgehead atoms. The highest BCUT2D eigenvalue weighted by Crippen LogP contribution is 2.50.